The van der Waals surface area contributed by atoms with Crippen molar-refractivity contribution in [3.05, 3.63) is 52.8 Å². The SMILES string of the molecule is CC(C)c1ccc(C2CC(=O)c3cnc(NC(=O)C(C)(C)C)nc3C2)cc1. The zero-order valence-corrected chi connectivity index (χ0v) is 16.7. The second-order valence-corrected chi connectivity index (χ2v) is 8.61. The van der Waals surface area contributed by atoms with Gasteiger partial charge in [0, 0.05) is 18.0 Å². The van der Waals surface area contributed by atoms with Gasteiger partial charge in [-0.25, -0.2) is 9.97 Å². The van der Waals surface area contributed by atoms with Crippen LogP contribution >= 0.6 is 0 Å². The number of fused-ring (bicyclic) bond motifs is 1. The molecule has 0 spiro atoms. The van der Waals surface area contributed by atoms with Gasteiger partial charge in [0.15, 0.2) is 5.78 Å². The highest BCUT2D eigenvalue weighted by atomic mass is 16.2. The number of ketones is 1. The monoisotopic (exact) mass is 365 g/mol. The van der Waals surface area contributed by atoms with Crippen molar-refractivity contribution in [2.24, 2.45) is 5.41 Å². The summed E-state index contributed by atoms with van der Waals surface area (Å²) in [7, 11) is 0. The van der Waals surface area contributed by atoms with E-state index in [0.29, 0.717) is 30.0 Å². The van der Waals surface area contributed by atoms with E-state index in [0.717, 1.165) is 5.56 Å². The molecule has 142 valence electrons. The standard InChI is InChI=1S/C22H27N3O2/c1-13(2)14-6-8-15(9-7-14)16-10-18-17(19(26)11-16)12-23-21(24-18)25-20(27)22(3,4)5/h6-9,12-13,16H,10-11H2,1-5H3,(H,23,24,25,27). The van der Waals surface area contributed by atoms with Crippen LogP contribution in [0.5, 0.6) is 0 Å². The van der Waals surface area contributed by atoms with E-state index in [1.54, 1.807) is 6.20 Å². The molecule has 5 nitrogen and oxygen atoms in total. The zero-order chi connectivity index (χ0) is 19.8. The number of aromatic nitrogens is 2. The number of Topliss-reactive ketones (excluding diaryl/α,β-unsaturated/α-hetero) is 1. The molecule has 1 heterocycles. The molecule has 0 aliphatic heterocycles. The fourth-order valence-electron chi connectivity index (χ4n) is 3.18. The Morgan fingerprint density at radius 1 is 1.15 bits per heavy atom. The summed E-state index contributed by atoms with van der Waals surface area (Å²) in [6, 6.07) is 8.49. The van der Waals surface area contributed by atoms with E-state index in [2.05, 4.69) is 53.4 Å². The van der Waals surface area contributed by atoms with E-state index in [1.165, 1.54) is 5.56 Å². The van der Waals surface area contributed by atoms with Crippen LogP contribution in [0.3, 0.4) is 0 Å². The first-order valence-electron chi connectivity index (χ1n) is 9.45. The molecule has 0 radical (unpaired) electrons. The third-order valence-electron chi connectivity index (χ3n) is 5.02. The highest BCUT2D eigenvalue weighted by Crippen LogP contribution is 2.32. The average Bonchev–Trinajstić information content (AvgIpc) is 2.60. The average molecular weight is 365 g/mol. The van der Waals surface area contributed by atoms with Crippen molar-refractivity contribution in [3.63, 3.8) is 0 Å². The number of anilines is 1. The van der Waals surface area contributed by atoms with Gasteiger partial charge in [0.2, 0.25) is 11.9 Å². The highest BCUT2D eigenvalue weighted by molar-refractivity contribution is 5.99. The molecule has 5 heteroatoms. The lowest BCUT2D eigenvalue weighted by molar-refractivity contribution is -0.123. The summed E-state index contributed by atoms with van der Waals surface area (Å²) in [5, 5.41) is 2.75. The molecule has 1 aromatic heterocycles. The maximum Gasteiger partial charge on any atom is 0.232 e. The lowest BCUT2D eigenvalue weighted by Gasteiger charge is -2.24. The van der Waals surface area contributed by atoms with E-state index in [1.807, 2.05) is 20.8 Å². The number of hydrogen-bond acceptors (Lipinski definition) is 4. The summed E-state index contributed by atoms with van der Waals surface area (Å²) < 4.78 is 0. The minimum absolute atomic E-state index is 0.0582. The van der Waals surface area contributed by atoms with Crippen molar-refractivity contribution in [1.82, 2.24) is 9.97 Å². The predicted octanol–water partition coefficient (Wildman–Crippen LogP) is 4.50. The van der Waals surface area contributed by atoms with Gasteiger partial charge >= 0.3 is 0 Å². The fraction of sp³-hybridized carbons (Fsp3) is 0.455. The first-order chi connectivity index (χ1) is 12.6. The van der Waals surface area contributed by atoms with Crippen LogP contribution in [0.2, 0.25) is 0 Å². The van der Waals surface area contributed by atoms with Gasteiger partial charge in [-0.3, -0.25) is 14.9 Å². The van der Waals surface area contributed by atoms with E-state index in [9.17, 15) is 9.59 Å². The van der Waals surface area contributed by atoms with E-state index in [4.69, 9.17) is 0 Å². The second kappa shape index (κ2) is 7.22. The molecule has 1 aromatic carbocycles. The van der Waals surface area contributed by atoms with Crippen LogP contribution in [0.1, 0.15) is 80.1 Å². The summed E-state index contributed by atoms with van der Waals surface area (Å²) in [5.74, 6) is 0.757. The third-order valence-corrected chi connectivity index (χ3v) is 5.02. The Bertz CT molecular complexity index is 864. The van der Waals surface area contributed by atoms with E-state index >= 15 is 0 Å². The summed E-state index contributed by atoms with van der Waals surface area (Å²) in [6.45, 7) is 9.84. The van der Waals surface area contributed by atoms with Gasteiger partial charge in [0.05, 0.1) is 11.3 Å². The number of nitrogens with one attached hydrogen (secondary N) is 1. The molecule has 0 bridgehead atoms. The molecule has 0 fully saturated rings. The number of rotatable bonds is 3. The number of nitrogens with zero attached hydrogens (tertiary/aromatic N) is 2. The Balaban J connectivity index is 1.83. The largest absolute Gasteiger partial charge is 0.294 e. The minimum Gasteiger partial charge on any atom is -0.294 e. The van der Waals surface area contributed by atoms with Gasteiger partial charge < -0.3 is 0 Å². The summed E-state index contributed by atoms with van der Waals surface area (Å²) in [5.41, 5.74) is 3.19. The molecule has 0 saturated carbocycles. The molecule has 1 unspecified atom stereocenters. The van der Waals surface area contributed by atoms with Gasteiger partial charge in [-0.1, -0.05) is 58.9 Å². The van der Waals surface area contributed by atoms with Gasteiger partial charge in [-0.15, -0.1) is 0 Å². The lowest BCUT2D eigenvalue weighted by Crippen LogP contribution is -2.29. The van der Waals surface area contributed by atoms with Crippen LogP contribution in [0.4, 0.5) is 5.95 Å². The van der Waals surface area contributed by atoms with Crippen molar-refractivity contribution in [1.29, 1.82) is 0 Å². The molecule has 3 rings (SSSR count). The Morgan fingerprint density at radius 2 is 1.81 bits per heavy atom. The maximum atomic E-state index is 12.6. The second-order valence-electron chi connectivity index (χ2n) is 8.61. The number of carbonyl (C=O) groups excluding carboxylic acids is 2. The Hall–Kier alpha value is -2.56. The molecule has 1 aliphatic carbocycles. The van der Waals surface area contributed by atoms with Gasteiger partial charge in [0.25, 0.3) is 0 Å². The normalized spacial score (nSPS) is 17.0. The first kappa shape index (κ1) is 19.2. The molecule has 2 aromatic rings. The van der Waals surface area contributed by atoms with Crippen molar-refractivity contribution in [2.75, 3.05) is 5.32 Å². The van der Waals surface area contributed by atoms with E-state index in [-0.39, 0.29) is 23.6 Å². The number of hydrogen-bond donors (Lipinski definition) is 1. The van der Waals surface area contributed by atoms with Crippen LogP contribution in [0, 0.1) is 5.41 Å². The Morgan fingerprint density at radius 3 is 2.41 bits per heavy atom. The van der Waals surface area contributed by atoms with Gasteiger partial charge in [-0.05, 0) is 29.4 Å². The summed E-state index contributed by atoms with van der Waals surface area (Å²) in [6.07, 6.45) is 2.68. The molecule has 1 atom stereocenters. The fourth-order valence-corrected chi connectivity index (χ4v) is 3.18. The van der Waals surface area contributed by atoms with Crippen LogP contribution in [-0.4, -0.2) is 21.7 Å². The van der Waals surface area contributed by atoms with Crippen LogP contribution in [-0.2, 0) is 11.2 Å². The first-order valence-corrected chi connectivity index (χ1v) is 9.45. The molecule has 1 amide bonds. The minimum atomic E-state index is -0.532. The quantitative estimate of drug-likeness (QED) is 0.869. The molecule has 0 saturated heterocycles. The van der Waals surface area contributed by atoms with Crippen LogP contribution in [0.25, 0.3) is 0 Å². The van der Waals surface area contributed by atoms with Crippen LogP contribution in [0.15, 0.2) is 30.5 Å². The number of benzene rings is 1. The van der Waals surface area contributed by atoms with Crippen molar-refractivity contribution < 1.29 is 9.59 Å². The maximum absolute atomic E-state index is 12.6. The topological polar surface area (TPSA) is 72.0 Å². The Kier molecular flexibility index (Phi) is 5.13. The summed E-state index contributed by atoms with van der Waals surface area (Å²) >= 11 is 0. The van der Waals surface area contributed by atoms with Crippen molar-refractivity contribution >= 4 is 17.6 Å². The number of amides is 1. The van der Waals surface area contributed by atoms with Crippen molar-refractivity contribution in [2.45, 2.75) is 59.3 Å². The molecular weight excluding hydrogens is 338 g/mol. The smallest absolute Gasteiger partial charge is 0.232 e. The third kappa shape index (κ3) is 4.24. The summed E-state index contributed by atoms with van der Waals surface area (Å²) in [4.78, 5) is 33.4. The van der Waals surface area contributed by atoms with Crippen molar-refractivity contribution in [3.8, 4) is 0 Å². The molecular formula is C22H27N3O2. The zero-order valence-electron chi connectivity index (χ0n) is 16.7. The van der Waals surface area contributed by atoms with Crippen LogP contribution < -0.4 is 5.32 Å². The highest BCUT2D eigenvalue weighted by Gasteiger charge is 2.29. The lowest BCUT2D eigenvalue weighted by atomic mass is 9.81. The Labute approximate surface area is 160 Å². The van der Waals surface area contributed by atoms with Gasteiger partial charge in [0.1, 0.15) is 0 Å². The predicted molar refractivity (Wildman–Crippen MR) is 106 cm³/mol. The number of carbonyl (C=O) groups is 2. The molecule has 1 aliphatic rings. The van der Waals surface area contributed by atoms with E-state index < -0.39 is 5.41 Å². The molecule has 27 heavy (non-hydrogen) atoms. The van der Waals surface area contributed by atoms with Gasteiger partial charge in [-0.2, -0.15) is 0 Å². The molecule has 1 N–H and O–H groups in total.